The summed E-state index contributed by atoms with van der Waals surface area (Å²) < 4.78 is 0. The van der Waals surface area contributed by atoms with Crippen LogP contribution < -0.4 is 10.7 Å². The van der Waals surface area contributed by atoms with Gasteiger partial charge in [0.2, 0.25) is 5.39 Å². The minimum absolute atomic E-state index is 0.00141. The van der Waals surface area contributed by atoms with Gasteiger partial charge in [-0.1, -0.05) is 0 Å². The third kappa shape index (κ3) is 6.30. The maximum Gasteiger partial charge on any atom is 0.409 e. The molecule has 0 unspecified atom stereocenters. The number of rotatable bonds is 6. The van der Waals surface area contributed by atoms with Gasteiger partial charge in [0.05, 0.1) is 25.5 Å². The van der Waals surface area contributed by atoms with Gasteiger partial charge in [-0.15, -0.1) is 0 Å². The summed E-state index contributed by atoms with van der Waals surface area (Å²) in [6.07, 6.45) is 0.698. The van der Waals surface area contributed by atoms with Crippen molar-refractivity contribution in [1.29, 1.82) is 5.39 Å². The Bertz CT molecular complexity index is 326. The zero-order chi connectivity index (χ0) is 12.4. The van der Waals surface area contributed by atoms with Crippen LogP contribution in [0.2, 0.25) is 0 Å². The molecular weight excluding hydrogens is 218 g/mol. The molecule has 0 rings (SSSR count). The van der Waals surface area contributed by atoms with Gasteiger partial charge in [0.15, 0.2) is 4.98 Å². The number of carbonyl (C=O) groups is 1. The molecule has 0 atom stereocenters. The third-order valence-corrected chi connectivity index (χ3v) is 1.31. The van der Waals surface area contributed by atoms with Gasteiger partial charge >= 0.3 is 6.20 Å². The van der Waals surface area contributed by atoms with Crippen molar-refractivity contribution in [2.45, 2.75) is 0 Å². The summed E-state index contributed by atoms with van der Waals surface area (Å²) in [5.41, 5.74) is 2.02. The molecule has 0 aromatic carbocycles. The number of carbonyl (C=O) groups excluding carboxylic acids is 1. The summed E-state index contributed by atoms with van der Waals surface area (Å²) in [7, 11) is 0. The molecule has 0 aromatic heterocycles. The summed E-state index contributed by atoms with van der Waals surface area (Å²) in [6.45, 7) is -1.26. The summed E-state index contributed by atoms with van der Waals surface area (Å²) >= 11 is 0. The SMILES string of the molecule is N#[N+]/C=C(/O)NCC(=O)NN=C(CO)CO. The van der Waals surface area contributed by atoms with Crippen LogP contribution in [0.25, 0.3) is 4.98 Å². The van der Waals surface area contributed by atoms with Crippen LogP contribution in [-0.4, -0.2) is 46.7 Å². The summed E-state index contributed by atoms with van der Waals surface area (Å²) in [5.74, 6) is -1.11. The van der Waals surface area contributed by atoms with E-state index in [-0.39, 0.29) is 12.3 Å². The zero-order valence-corrected chi connectivity index (χ0v) is 8.29. The molecular formula is C7H12N5O4+. The average molecular weight is 230 g/mol. The molecule has 0 bridgehead atoms. The molecule has 0 fully saturated rings. The van der Waals surface area contributed by atoms with Gasteiger partial charge in [-0.25, -0.2) is 5.43 Å². The number of hydrazone groups is 1. The first-order valence-corrected chi connectivity index (χ1v) is 4.17. The highest BCUT2D eigenvalue weighted by atomic mass is 16.3. The Balaban J connectivity index is 3.97. The van der Waals surface area contributed by atoms with Gasteiger partial charge < -0.3 is 20.6 Å². The number of hydrogen-bond acceptors (Lipinski definition) is 7. The zero-order valence-electron chi connectivity index (χ0n) is 8.29. The number of amides is 1. The second-order valence-electron chi connectivity index (χ2n) is 2.51. The second kappa shape index (κ2) is 8.16. The molecule has 0 heterocycles. The standard InChI is InChI=1S/C7H11N5O4/c8-10-2-6(15)9-1-7(16)12-11-5(3-13)4-14/h2,9,13-14H,1,3-4H2,(H-,12,15,16)/p+1/b6-2+. The molecule has 0 aromatic rings. The molecule has 0 spiro atoms. The van der Waals surface area contributed by atoms with E-state index in [0.717, 1.165) is 0 Å². The molecule has 0 saturated heterocycles. The highest BCUT2D eigenvalue weighted by molar-refractivity contribution is 5.88. The number of aliphatic hydroxyl groups is 3. The first kappa shape index (κ1) is 13.8. The predicted molar refractivity (Wildman–Crippen MR) is 53.5 cm³/mol. The molecule has 88 valence electrons. The lowest BCUT2D eigenvalue weighted by Crippen LogP contribution is -2.32. The fraction of sp³-hybridized carbons (Fsp3) is 0.429. The van der Waals surface area contributed by atoms with Gasteiger partial charge in [-0.3, -0.25) is 4.79 Å². The van der Waals surface area contributed by atoms with Gasteiger partial charge in [0.1, 0.15) is 0 Å². The van der Waals surface area contributed by atoms with Crippen LogP contribution in [0.1, 0.15) is 0 Å². The summed E-state index contributed by atoms with van der Waals surface area (Å²) in [4.78, 5) is 13.5. The van der Waals surface area contributed by atoms with Crippen molar-refractivity contribution in [1.82, 2.24) is 10.7 Å². The van der Waals surface area contributed by atoms with E-state index in [1.165, 1.54) is 0 Å². The van der Waals surface area contributed by atoms with E-state index >= 15 is 0 Å². The minimum Gasteiger partial charge on any atom is -0.490 e. The maximum absolute atomic E-state index is 11.0. The Hall–Kier alpha value is -2.18. The van der Waals surface area contributed by atoms with E-state index in [0.29, 0.717) is 6.20 Å². The molecule has 5 N–H and O–H groups in total. The van der Waals surface area contributed by atoms with Crippen molar-refractivity contribution in [3.8, 4) is 0 Å². The first-order valence-electron chi connectivity index (χ1n) is 4.17. The quantitative estimate of drug-likeness (QED) is 0.158. The number of aliphatic hydroxyl groups excluding tert-OH is 3. The molecule has 0 radical (unpaired) electrons. The summed E-state index contributed by atoms with van der Waals surface area (Å²) in [6, 6.07) is 0. The molecule has 0 aliphatic carbocycles. The molecule has 9 heteroatoms. The van der Waals surface area contributed by atoms with Crippen molar-refractivity contribution in [3.63, 3.8) is 0 Å². The maximum atomic E-state index is 11.0. The van der Waals surface area contributed by atoms with E-state index in [2.05, 4.69) is 15.4 Å². The van der Waals surface area contributed by atoms with Gasteiger partial charge in [0, 0.05) is 0 Å². The van der Waals surface area contributed by atoms with Crippen molar-refractivity contribution in [2.75, 3.05) is 19.8 Å². The van der Waals surface area contributed by atoms with Crippen molar-refractivity contribution in [3.05, 3.63) is 17.1 Å². The fourth-order valence-corrected chi connectivity index (χ4v) is 0.573. The van der Waals surface area contributed by atoms with E-state index in [9.17, 15) is 4.79 Å². The lowest BCUT2D eigenvalue weighted by molar-refractivity contribution is -0.120. The summed E-state index contributed by atoms with van der Waals surface area (Å²) in [5, 5.41) is 39.6. The largest absolute Gasteiger partial charge is 0.490 e. The van der Waals surface area contributed by atoms with Crippen LogP contribution in [0.15, 0.2) is 17.2 Å². The Morgan fingerprint density at radius 3 is 2.56 bits per heavy atom. The normalized spacial score (nSPS) is 10.2. The monoisotopic (exact) mass is 230 g/mol. The average Bonchev–Trinajstić information content (AvgIpc) is 2.28. The molecule has 1 amide bonds. The van der Waals surface area contributed by atoms with Crippen LogP contribution in [0.5, 0.6) is 0 Å². The molecule has 16 heavy (non-hydrogen) atoms. The van der Waals surface area contributed by atoms with E-state index < -0.39 is 25.0 Å². The van der Waals surface area contributed by atoms with Gasteiger partial charge in [-0.2, -0.15) is 5.10 Å². The molecule has 9 nitrogen and oxygen atoms in total. The van der Waals surface area contributed by atoms with Crippen LogP contribution in [0.3, 0.4) is 0 Å². The molecule has 0 aliphatic heterocycles. The van der Waals surface area contributed by atoms with Crippen LogP contribution in [0.4, 0.5) is 0 Å². The van der Waals surface area contributed by atoms with Crippen LogP contribution >= 0.6 is 0 Å². The number of nitrogens with one attached hydrogen (secondary N) is 2. The van der Waals surface area contributed by atoms with Crippen molar-refractivity contribution < 1.29 is 20.1 Å². The van der Waals surface area contributed by atoms with E-state index in [1.807, 2.05) is 5.43 Å². The Morgan fingerprint density at radius 2 is 2.06 bits per heavy atom. The van der Waals surface area contributed by atoms with Crippen molar-refractivity contribution >= 4 is 11.6 Å². The predicted octanol–water partition coefficient (Wildman–Crippen LogP) is -1.76. The van der Waals surface area contributed by atoms with Crippen LogP contribution in [0, 0.1) is 5.39 Å². The Labute approximate surface area is 90.7 Å². The second-order valence-corrected chi connectivity index (χ2v) is 2.51. The molecule has 0 saturated carbocycles. The number of nitrogens with zero attached hydrogens (tertiary/aromatic N) is 3. The van der Waals surface area contributed by atoms with Crippen molar-refractivity contribution in [2.24, 2.45) is 5.10 Å². The third-order valence-electron chi connectivity index (χ3n) is 1.31. The highest BCUT2D eigenvalue weighted by Gasteiger charge is 2.04. The fourth-order valence-electron chi connectivity index (χ4n) is 0.573. The smallest absolute Gasteiger partial charge is 0.409 e. The Kier molecular flexibility index (Phi) is 7.04. The van der Waals surface area contributed by atoms with Gasteiger partial charge in [-0.05, 0) is 0 Å². The first-order chi connectivity index (χ1) is 7.63. The topological polar surface area (TPSA) is 142 Å². The lowest BCUT2D eigenvalue weighted by Gasteiger charge is -2.02. The minimum atomic E-state index is -0.614. The molecule has 0 aliphatic rings. The van der Waals surface area contributed by atoms with E-state index in [1.54, 1.807) is 0 Å². The highest BCUT2D eigenvalue weighted by Crippen LogP contribution is 1.81. The lowest BCUT2D eigenvalue weighted by atomic mass is 10.4. The number of hydrogen-bond donors (Lipinski definition) is 5. The van der Waals surface area contributed by atoms with E-state index in [4.69, 9.17) is 20.7 Å². The van der Waals surface area contributed by atoms with Gasteiger partial charge in [0.25, 0.3) is 11.8 Å². The number of diazo groups is 1. The van der Waals surface area contributed by atoms with Crippen LogP contribution in [-0.2, 0) is 4.79 Å². The Morgan fingerprint density at radius 1 is 1.44 bits per heavy atom.